The molecule has 0 aliphatic heterocycles. The zero-order chi connectivity index (χ0) is 38.9. The molecule has 0 radical (unpaired) electrons. The van der Waals surface area contributed by atoms with Gasteiger partial charge in [0.1, 0.15) is 0 Å². The average Bonchev–Trinajstić information content (AvgIpc) is 3.64. The van der Waals surface area contributed by atoms with Gasteiger partial charge in [0, 0.05) is 39.1 Å². The molecule has 0 bridgehead atoms. The Bertz CT molecular complexity index is 3360. The highest BCUT2D eigenvalue weighted by Gasteiger charge is 2.28. The molecule has 1 unspecified atom stereocenters. The summed E-state index contributed by atoms with van der Waals surface area (Å²) in [5.74, 6) is 0.979. The first kappa shape index (κ1) is 33.5. The molecule has 1 aliphatic rings. The van der Waals surface area contributed by atoms with Crippen LogP contribution >= 0.6 is 0 Å². The maximum absolute atomic E-state index is 5.44. The molecule has 1 atom stereocenters. The first-order chi connectivity index (χ1) is 29.2. The highest BCUT2D eigenvalue weighted by atomic mass is 15.0. The summed E-state index contributed by atoms with van der Waals surface area (Å²) in [7, 11) is 0. The van der Waals surface area contributed by atoms with Crippen molar-refractivity contribution in [2.24, 2.45) is 0 Å². The molecule has 2 aromatic heterocycles. The lowest BCUT2D eigenvalue weighted by atomic mass is 9.75. The van der Waals surface area contributed by atoms with Gasteiger partial charge in [0.25, 0.3) is 0 Å². The fraction of sp³-hybridized carbons (Fsp3) is 0.0357. The van der Waals surface area contributed by atoms with Gasteiger partial charge in [-0.25, -0.2) is 9.97 Å². The standard InChI is InChI=1S/C56H37N3/c1-3-16-37(17-4-1)51-35-52(58-56(57-51)38-18-5-2-6-19-38)54-44-22-10-9-21-40(44)33-50-47-25-13-14-26-53(47)59(55(50)54)43-30-29-42-32-48(45-23-11-12-24-46(45)49(42)34-43)41-28-27-36-15-7-8-20-39(36)31-41/h1-31,33-35,48H,32H2. The monoisotopic (exact) mass is 751 g/mol. The van der Waals surface area contributed by atoms with Crippen LogP contribution in [0.4, 0.5) is 0 Å². The molecular weight excluding hydrogens is 715 g/mol. The molecule has 3 heteroatoms. The van der Waals surface area contributed by atoms with E-state index in [-0.39, 0.29) is 5.92 Å². The summed E-state index contributed by atoms with van der Waals surface area (Å²) in [6.45, 7) is 0. The molecule has 0 N–H and O–H groups in total. The van der Waals surface area contributed by atoms with Gasteiger partial charge in [-0.15, -0.1) is 0 Å². The number of aromatic nitrogens is 3. The Morgan fingerprint density at radius 3 is 1.97 bits per heavy atom. The van der Waals surface area contributed by atoms with Crippen molar-refractivity contribution in [2.75, 3.05) is 0 Å². The number of rotatable bonds is 5. The molecule has 59 heavy (non-hydrogen) atoms. The summed E-state index contributed by atoms with van der Waals surface area (Å²) in [5, 5.41) is 7.31. The van der Waals surface area contributed by atoms with Gasteiger partial charge in [-0.05, 0) is 86.1 Å². The molecule has 12 rings (SSSR count). The van der Waals surface area contributed by atoms with Gasteiger partial charge in [-0.2, -0.15) is 0 Å². The van der Waals surface area contributed by atoms with Crippen molar-refractivity contribution in [3.05, 3.63) is 223 Å². The maximum Gasteiger partial charge on any atom is 0.160 e. The van der Waals surface area contributed by atoms with Gasteiger partial charge < -0.3 is 4.57 Å². The lowest BCUT2D eigenvalue weighted by Crippen LogP contribution is -2.13. The number of hydrogen-bond acceptors (Lipinski definition) is 2. The van der Waals surface area contributed by atoms with Gasteiger partial charge in [-0.1, -0.05) is 176 Å². The first-order valence-corrected chi connectivity index (χ1v) is 20.4. The van der Waals surface area contributed by atoms with E-state index in [1.165, 1.54) is 54.7 Å². The lowest BCUT2D eigenvalue weighted by molar-refractivity contribution is 0.794. The van der Waals surface area contributed by atoms with Crippen LogP contribution in [0.1, 0.15) is 22.6 Å². The van der Waals surface area contributed by atoms with E-state index in [0.29, 0.717) is 5.82 Å². The second-order valence-corrected chi connectivity index (χ2v) is 15.7. The molecule has 0 spiro atoms. The van der Waals surface area contributed by atoms with E-state index < -0.39 is 0 Å². The summed E-state index contributed by atoms with van der Waals surface area (Å²) < 4.78 is 2.48. The summed E-state index contributed by atoms with van der Waals surface area (Å²) in [6, 6.07) is 74.8. The van der Waals surface area contributed by atoms with Gasteiger partial charge in [-0.3, -0.25) is 0 Å². The molecule has 0 fully saturated rings. The SMILES string of the molecule is c1ccc(-c2cc(-c3c4ccccc4cc4c5ccccc5n(-c5ccc6c(c5)-c5ccccc5C(c5ccc7ccccc7c5)C6)c34)nc(-c3ccccc3)n2)cc1. The average molecular weight is 752 g/mol. The predicted molar refractivity (Wildman–Crippen MR) is 245 cm³/mol. The smallest absolute Gasteiger partial charge is 0.160 e. The molecule has 276 valence electrons. The predicted octanol–water partition coefficient (Wildman–Crippen LogP) is 14.2. The molecule has 0 saturated heterocycles. The Kier molecular flexibility index (Phi) is 7.67. The Labute approximate surface area is 342 Å². The van der Waals surface area contributed by atoms with Gasteiger partial charge in [0.2, 0.25) is 0 Å². The van der Waals surface area contributed by atoms with Crippen LogP contribution in [0.25, 0.3) is 94.1 Å². The fourth-order valence-corrected chi connectivity index (χ4v) is 9.60. The Morgan fingerprint density at radius 2 is 1.12 bits per heavy atom. The molecule has 1 aliphatic carbocycles. The summed E-state index contributed by atoms with van der Waals surface area (Å²) in [4.78, 5) is 10.6. The Balaban J connectivity index is 1.11. The van der Waals surface area contributed by atoms with E-state index >= 15 is 0 Å². The molecule has 2 heterocycles. The highest BCUT2D eigenvalue weighted by Crippen LogP contribution is 2.47. The number of nitrogens with zero attached hydrogens (tertiary/aromatic N) is 3. The zero-order valence-electron chi connectivity index (χ0n) is 32.3. The molecule has 0 saturated carbocycles. The molecule has 0 amide bonds. The van der Waals surface area contributed by atoms with Gasteiger partial charge >= 0.3 is 0 Å². The van der Waals surface area contributed by atoms with Crippen molar-refractivity contribution in [1.82, 2.24) is 14.5 Å². The maximum atomic E-state index is 5.44. The van der Waals surface area contributed by atoms with Crippen molar-refractivity contribution in [3.63, 3.8) is 0 Å². The second-order valence-electron chi connectivity index (χ2n) is 15.7. The van der Waals surface area contributed by atoms with E-state index in [1.54, 1.807) is 0 Å². The third-order valence-electron chi connectivity index (χ3n) is 12.3. The first-order valence-electron chi connectivity index (χ1n) is 20.4. The zero-order valence-corrected chi connectivity index (χ0v) is 32.3. The summed E-state index contributed by atoms with van der Waals surface area (Å²) in [6.07, 6.45) is 0.944. The van der Waals surface area contributed by atoms with Crippen molar-refractivity contribution >= 4 is 43.4 Å². The van der Waals surface area contributed by atoms with Crippen LogP contribution in [0.3, 0.4) is 0 Å². The van der Waals surface area contributed by atoms with E-state index in [0.717, 1.165) is 56.6 Å². The third kappa shape index (κ3) is 5.50. The van der Waals surface area contributed by atoms with Crippen molar-refractivity contribution in [3.8, 4) is 50.7 Å². The van der Waals surface area contributed by atoms with Crippen LogP contribution in [-0.2, 0) is 6.42 Å². The number of hydrogen-bond donors (Lipinski definition) is 0. The topological polar surface area (TPSA) is 30.7 Å². The van der Waals surface area contributed by atoms with E-state index in [1.807, 2.05) is 6.07 Å². The van der Waals surface area contributed by atoms with Crippen molar-refractivity contribution < 1.29 is 0 Å². The minimum absolute atomic E-state index is 0.274. The second kappa shape index (κ2) is 13.5. The molecule has 11 aromatic rings. The minimum Gasteiger partial charge on any atom is -0.309 e. The van der Waals surface area contributed by atoms with Crippen LogP contribution in [0.5, 0.6) is 0 Å². The third-order valence-corrected chi connectivity index (χ3v) is 12.3. The van der Waals surface area contributed by atoms with Gasteiger partial charge in [0.15, 0.2) is 5.82 Å². The molecular formula is C56H37N3. The Hall–Kier alpha value is -7.62. The van der Waals surface area contributed by atoms with Gasteiger partial charge in [0.05, 0.1) is 22.4 Å². The molecule has 3 nitrogen and oxygen atoms in total. The van der Waals surface area contributed by atoms with Crippen LogP contribution in [0.2, 0.25) is 0 Å². The number of fused-ring (bicyclic) bond motifs is 8. The van der Waals surface area contributed by atoms with E-state index in [9.17, 15) is 0 Å². The highest BCUT2D eigenvalue weighted by molar-refractivity contribution is 6.21. The number of para-hydroxylation sites is 1. The van der Waals surface area contributed by atoms with E-state index in [2.05, 4.69) is 205 Å². The van der Waals surface area contributed by atoms with E-state index in [4.69, 9.17) is 9.97 Å². The summed E-state index contributed by atoms with van der Waals surface area (Å²) >= 11 is 0. The fourth-order valence-electron chi connectivity index (χ4n) is 9.60. The molecule has 9 aromatic carbocycles. The summed E-state index contributed by atoms with van der Waals surface area (Å²) in [5.41, 5.74) is 15.1. The Morgan fingerprint density at radius 1 is 0.441 bits per heavy atom. The van der Waals surface area contributed by atoms with Crippen LogP contribution in [0.15, 0.2) is 206 Å². The van der Waals surface area contributed by atoms with Crippen LogP contribution < -0.4 is 0 Å². The van der Waals surface area contributed by atoms with Crippen molar-refractivity contribution in [1.29, 1.82) is 0 Å². The van der Waals surface area contributed by atoms with Crippen molar-refractivity contribution in [2.45, 2.75) is 12.3 Å². The normalized spacial score (nSPS) is 13.5. The lowest BCUT2D eigenvalue weighted by Gasteiger charge is -2.29. The van der Waals surface area contributed by atoms with Crippen LogP contribution in [-0.4, -0.2) is 14.5 Å². The van der Waals surface area contributed by atoms with Crippen LogP contribution in [0, 0.1) is 0 Å². The minimum atomic E-state index is 0.274. The number of benzene rings is 9. The largest absolute Gasteiger partial charge is 0.309 e. The quantitative estimate of drug-likeness (QED) is 0.175.